The lowest BCUT2D eigenvalue weighted by molar-refractivity contribution is 0.112. The zero-order valence-corrected chi connectivity index (χ0v) is 8.77. The molecule has 0 bridgehead atoms. The first-order chi connectivity index (χ1) is 8.26. The van der Waals surface area contributed by atoms with E-state index < -0.39 is 0 Å². The van der Waals surface area contributed by atoms with Crippen molar-refractivity contribution >= 4 is 17.3 Å². The Labute approximate surface area is 96.5 Å². The lowest BCUT2D eigenvalue weighted by Crippen LogP contribution is -2.07. The van der Waals surface area contributed by atoms with Crippen LogP contribution in [0.5, 0.6) is 0 Å². The molecule has 0 aliphatic carbocycles. The third-order valence-electron chi connectivity index (χ3n) is 2.24. The van der Waals surface area contributed by atoms with Gasteiger partial charge in [0.25, 0.3) is 0 Å². The number of carbonyl (C=O) groups is 1. The Kier molecular flexibility index (Phi) is 3.03. The summed E-state index contributed by atoms with van der Waals surface area (Å²) in [5.41, 5.74) is 0.579. The maximum absolute atomic E-state index is 11.8. The van der Waals surface area contributed by atoms with E-state index in [2.05, 4.69) is 11.8 Å². The van der Waals surface area contributed by atoms with E-state index in [9.17, 15) is 9.59 Å². The molecule has 1 aromatic carbocycles. The van der Waals surface area contributed by atoms with Crippen LogP contribution in [0.3, 0.4) is 0 Å². The van der Waals surface area contributed by atoms with Crippen LogP contribution >= 0.6 is 0 Å². The molecular weight excluding hydrogens is 220 g/mol. The third kappa shape index (κ3) is 2.10. The number of carbonyl (C=O) groups excluding carboxylic acids is 1. The van der Waals surface area contributed by atoms with E-state index in [4.69, 9.17) is 9.52 Å². The number of hydrogen-bond donors (Lipinski definition) is 1. The van der Waals surface area contributed by atoms with Crippen LogP contribution in [-0.2, 0) is 0 Å². The summed E-state index contributed by atoms with van der Waals surface area (Å²) in [4.78, 5) is 22.4. The monoisotopic (exact) mass is 228 g/mol. The van der Waals surface area contributed by atoms with Crippen molar-refractivity contribution < 1.29 is 14.3 Å². The third-order valence-corrected chi connectivity index (χ3v) is 2.24. The summed E-state index contributed by atoms with van der Waals surface area (Å²) in [5, 5.41) is 8.88. The Balaban J connectivity index is 2.70. The fourth-order valence-corrected chi connectivity index (χ4v) is 1.45. The van der Waals surface area contributed by atoms with Crippen molar-refractivity contribution in [3.05, 3.63) is 45.8 Å². The standard InChI is InChI=1S/C13H8O4/c14-5-1-2-9-3-4-12-11(6-9)13(16)10(7-15)8-17-12/h3-4,6-8,14H,5H2. The fourth-order valence-electron chi connectivity index (χ4n) is 1.45. The van der Waals surface area contributed by atoms with Crippen LogP contribution < -0.4 is 5.43 Å². The highest BCUT2D eigenvalue weighted by atomic mass is 16.3. The minimum Gasteiger partial charge on any atom is -0.463 e. The number of aldehydes is 1. The lowest BCUT2D eigenvalue weighted by Gasteiger charge is -1.97. The van der Waals surface area contributed by atoms with Gasteiger partial charge in [0.1, 0.15) is 18.5 Å². The summed E-state index contributed by atoms with van der Waals surface area (Å²) >= 11 is 0. The van der Waals surface area contributed by atoms with Crippen molar-refractivity contribution in [1.82, 2.24) is 0 Å². The largest absolute Gasteiger partial charge is 0.463 e. The second-order valence-electron chi connectivity index (χ2n) is 3.31. The van der Waals surface area contributed by atoms with Gasteiger partial charge >= 0.3 is 0 Å². The van der Waals surface area contributed by atoms with Crippen LogP contribution in [0.2, 0.25) is 0 Å². The maximum Gasteiger partial charge on any atom is 0.203 e. The van der Waals surface area contributed by atoms with Crippen molar-refractivity contribution in [3.63, 3.8) is 0 Å². The van der Waals surface area contributed by atoms with Crippen molar-refractivity contribution in [2.45, 2.75) is 0 Å². The van der Waals surface area contributed by atoms with Crippen molar-refractivity contribution in [3.8, 4) is 11.8 Å². The van der Waals surface area contributed by atoms with Crippen molar-refractivity contribution in [1.29, 1.82) is 0 Å². The second kappa shape index (κ2) is 4.64. The van der Waals surface area contributed by atoms with E-state index in [1.165, 1.54) is 6.07 Å². The number of aliphatic hydroxyl groups excluding tert-OH is 1. The van der Waals surface area contributed by atoms with Gasteiger partial charge in [-0.05, 0) is 18.2 Å². The van der Waals surface area contributed by atoms with Crippen LogP contribution in [-0.4, -0.2) is 18.0 Å². The Hall–Kier alpha value is -2.38. The SMILES string of the molecule is O=Cc1coc2ccc(C#CCO)cc2c1=O. The summed E-state index contributed by atoms with van der Waals surface area (Å²) in [6.07, 6.45) is 1.59. The Morgan fingerprint density at radius 1 is 1.41 bits per heavy atom. The van der Waals surface area contributed by atoms with Crippen LogP contribution in [0.4, 0.5) is 0 Å². The molecule has 1 aromatic heterocycles. The highest BCUT2D eigenvalue weighted by Crippen LogP contribution is 2.12. The van der Waals surface area contributed by atoms with Crippen LogP contribution in [0.15, 0.2) is 33.7 Å². The summed E-state index contributed by atoms with van der Waals surface area (Å²) in [6.45, 7) is -0.249. The molecule has 0 saturated heterocycles. The van der Waals surface area contributed by atoms with Gasteiger partial charge in [0, 0.05) is 5.56 Å². The summed E-state index contributed by atoms with van der Waals surface area (Å²) in [5.74, 6) is 5.16. The molecule has 0 spiro atoms. The highest BCUT2D eigenvalue weighted by molar-refractivity contribution is 5.84. The molecule has 0 amide bonds. The minimum absolute atomic E-state index is 0.0234. The topological polar surface area (TPSA) is 67.5 Å². The highest BCUT2D eigenvalue weighted by Gasteiger charge is 2.06. The zero-order chi connectivity index (χ0) is 12.3. The summed E-state index contributed by atoms with van der Waals surface area (Å²) < 4.78 is 5.15. The normalized spacial score (nSPS) is 9.71. The van der Waals surface area contributed by atoms with Crippen molar-refractivity contribution in [2.75, 3.05) is 6.61 Å². The first-order valence-corrected chi connectivity index (χ1v) is 4.86. The summed E-state index contributed by atoms with van der Waals surface area (Å²) in [6, 6.07) is 4.82. The quantitative estimate of drug-likeness (QED) is 0.583. The Morgan fingerprint density at radius 2 is 2.24 bits per heavy atom. The number of fused-ring (bicyclic) bond motifs is 1. The van der Waals surface area contributed by atoms with Crippen LogP contribution in [0.1, 0.15) is 15.9 Å². The van der Waals surface area contributed by atoms with E-state index in [1.54, 1.807) is 12.1 Å². The van der Waals surface area contributed by atoms with Gasteiger partial charge in [-0.15, -0.1) is 0 Å². The molecule has 1 heterocycles. The molecule has 4 nitrogen and oxygen atoms in total. The molecule has 2 rings (SSSR count). The van der Waals surface area contributed by atoms with E-state index in [1.807, 2.05) is 0 Å². The first kappa shape index (κ1) is 11.1. The molecule has 0 atom stereocenters. The average molecular weight is 228 g/mol. The van der Waals surface area contributed by atoms with Gasteiger partial charge < -0.3 is 9.52 Å². The molecule has 1 N–H and O–H groups in total. The van der Waals surface area contributed by atoms with Gasteiger partial charge in [0.2, 0.25) is 5.43 Å². The average Bonchev–Trinajstić information content (AvgIpc) is 2.37. The van der Waals surface area contributed by atoms with Crippen LogP contribution in [0, 0.1) is 11.8 Å². The molecule has 84 valence electrons. The predicted molar refractivity (Wildman–Crippen MR) is 61.8 cm³/mol. The zero-order valence-electron chi connectivity index (χ0n) is 8.77. The van der Waals surface area contributed by atoms with Gasteiger partial charge in [-0.2, -0.15) is 0 Å². The minimum atomic E-state index is -0.381. The summed E-state index contributed by atoms with van der Waals surface area (Å²) in [7, 11) is 0. The van der Waals surface area contributed by atoms with Gasteiger partial charge in [0.15, 0.2) is 6.29 Å². The first-order valence-electron chi connectivity index (χ1n) is 4.86. The van der Waals surface area contributed by atoms with E-state index >= 15 is 0 Å². The molecule has 0 unspecified atom stereocenters. The molecule has 0 radical (unpaired) electrons. The van der Waals surface area contributed by atoms with Crippen LogP contribution in [0.25, 0.3) is 11.0 Å². The van der Waals surface area contributed by atoms with E-state index in [-0.39, 0.29) is 17.6 Å². The number of hydrogen-bond acceptors (Lipinski definition) is 4. The molecule has 2 aromatic rings. The molecule has 0 aliphatic rings. The second-order valence-corrected chi connectivity index (χ2v) is 3.31. The molecule has 0 saturated carbocycles. The van der Waals surface area contributed by atoms with Crippen molar-refractivity contribution in [2.24, 2.45) is 0 Å². The molecule has 0 fully saturated rings. The number of aliphatic hydroxyl groups is 1. The van der Waals surface area contributed by atoms with E-state index in [0.29, 0.717) is 22.8 Å². The Morgan fingerprint density at radius 3 is 2.94 bits per heavy atom. The lowest BCUT2D eigenvalue weighted by atomic mass is 10.1. The number of benzene rings is 1. The molecule has 0 aliphatic heterocycles. The fraction of sp³-hybridized carbons (Fsp3) is 0.0769. The van der Waals surface area contributed by atoms with Gasteiger partial charge in [-0.1, -0.05) is 11.8 Å². The van der Waals surface area contributed by atoms with Gasteiger partial charge in [-0.25, -0.2) is 0 Å². The predicted octanol–water partition coefficient (Wildman–Crippen LogP) is 0.949. The van der Waals surface area contributed by atoms with Gasteiger partial charge in [-0.3, -0.25) is 9.59 Å². The van der Waals surface area contributed by atoms with E-state index in [0.717, 1.165) is 6.26 Å². The smallest absolute Gasteiger partial charge is 0.203 e. The molecular formula is C13H8O4. The Bertz CT molecular complexity index is 686. The molecule has 17 heavy (non-hydrogen) atoms. The maximum atomic E-state index is 11.8. The molecule has 4 heteroatoms. The van der Waals surface area contributed by atoms with Gasteiger partial charge in [0.05, 0.1) is 10.9 Å². The number of rotatable bonds is 1.